The maximum Gasteiger partial charge on any atom is 0.279 e. The van der Waals surface area contributed by atoms with Crippen molar-refractivity contribution in [2.45, 2.75) is 59.4 Å². The van der Waals surface area contributed by atoms with Gasteiger partial charge in [0.25, 0.3) is 5.91 Å². The largest absolute Gasteiger partial charge is 0.305 e. The van der Waals surface area contributed by atoms with Crippen molar-refractivity contribution in [2.24, 2.45) is 0 Å². The van der Waals surface area contributed by atoms with Crippen LogP contribution in [0, 0.1) is 6.92 Å². The van der Waals surface area contributed by atoms with Gasteiger partial charge in [0.15, 0.2) is 5.69 Å². The molecule has 0 aliphatic rings. The van der Waals surface area contributed by atoms with Gasteiger partial charge in [0.05, 0.1) is 22.6 Å². The lowest BCUT2D eigenvalue weighted by molar-refractivity contribution is 0.102. The average Bonchev–Trinajstić information content (AvgIpc) is 3.18. The Labute approximate surface area is 179 Å². The predicted molar refractivity (Wildman–Crippen MR) is 118 cm³/mol. The van der Waals surface area contributed by atoms with Crippen LogP contribution in [0.2, 0.25) is 0 Å². The molecule has 29 heavy (non-hydrogen) atoms. The third-order valence-corrected chi connectivity index (χ3v) is 5.01. The first-order valence-corrected chi connectivity index (χ1v) is 10.3. The molecule has 0 unspecified atom stereocenters. The summed E-state index contributed by atoms with van der Waals surface area (Å²) in [4.78, 5) is 13.0. The number of halogens is 1. The van der Waals surface area contributed by atoms with Crippen molar-refractivity contribution in [2.75, 3.05) is 5.32 Å². The minimum atomic E-state index is -0.311. The van der Waals surface area contributed by atoms with Gasteiger partial charge >= 0.3 is 0 Å². The minimum absolute atomic E-state index is 0.129. The average molecular weight is 459 g/mol. The normalized spacial score (nSPS) is 12.3. The first-order valence-electron chi connectivity index (χ1n) is 9.48. The Hall–Kier alpha value is -2.48. The Morgan fingerprint density at radius 2 is 1.79 bits per heavy atom. The second-order valence-corrected chi connectivity index (χ2v) is 10.0. The molecule has 8 heteroatoms. The molecule has 0 aliphatic heterocycles. The maximum absolute atomic E-state index is 13.0. The van der Waals surface area contributed by atoms with Crippen molar-refractivity contribution in [1.29, 1.82) is 0 Å². The quantitative estimate of drug-likeness (QED) is 0.608. The summed E-state index contributed by atoms with van der Waals surface area (Å²) in [6.07, 6.45) is 0. The molecule has 3 rings (SSSR count). The van der Waals surface area contributed by atoms with Crippen LogP contribution in [0.15, 0.2) is 34.8 Å². The third kappa shape index (κ3) is 4.42. The lowest BCUT2D eigenvalue weighted by atomic mass is 9.92. The van der Waals surface area contributed by atoms with Crippen molar-refractivity contribution in [3.63, 3.8) is 0 Å². The van der Waals surface area contributed by atoms with Gasteiger partial charge in [-0.25, -0.2) is 9.36 Å². The number of nitrogens with one attached hydrogen (secondary N) is 1. The summed E-state index contributed by atoms with van der Waals surface area (Å²) in [6, 6.07) is 9.61. The van der Waals surface area contributed by atoms with E-state index in [1.165, 1.54) is 0 Å². The van der Waals surface area contributed by atoms with Crippen molar-refractivity contribution >= 4 is 27.7 Å². The molecule has 0 bridgehead atoms. The Morgan fingerprint density at radius 1 is 1.10 bits per heavy atom. The number of aromatic nitrogens is 5. The fourth-order valence-electron chi connectivity index (χ4n) is 2.92. The van der Waals surface area contributed by atoms with E-state index in [-0.39, 0.29) is 22.6 Å². The van der Waals surface area contributed by atoms with Crippen LogP contribution in [0.25, 0.3) is 5.69 Å². The van der Waals surface area contributed by atoms with Gasteiger partial charge in [0.2, 0.25) is 0 Å². The van der Waals surface area contributed by atoms with E-state index in [9.17, 15) is 4.79 Å². The molecule has 0 aliphatic carbocycles. The van der Waals surface area contributed by atoms with E-state index in [1.54, 1.807) is 4.68 Å². The van der Waals surface area contributed by atoms with E-state index in [2.05, 4.69) is 73.1 Å². The van der Waals surface area contributed by atoms with Crippen LogP contribution in [0.1, 0.15) is 63.4 Å². The van der Waals surface area contributed by atoms with E-state index in [4.69, 9.17) is 5.10 Å². The SMILES string of the molecule is Cc1c(C(=O)Nc2cc(C(C)(C)C)nn2C(C)(C)C)nnn1-c1cccc(Br)c1. The van der Waals surface area contributed by atoms with Crippen LogP contribution in [0.5, 0.6) is 0 Å². The number of anilines is 1. The zero-order valence-corrected chi connectivity index (χ0v) is 19.5. The van der Waals surface area contributed by atoms with E-state index < -0.39 is 0 Å². The van der Waals surface area contributed by atoms with Gasteiger partial charge < -0.3 is 5.32 Å². The Bertz CT molecular complexity index is 1050. The summed E-state index contributed by atoms with van der Waals surface area (Å²) < 4.78 is 4.43. The molecule has 154 valence electrons. The zero-order chi connectivity index (χ0) is 21.6. The topological polar surface area (TPSA) is 77.6 Å². The van der Waals surface area contributed by atoms with Crippen LogP contribution in [0.3, 0.4) is 0 Å². The molecule has 1 N–H and O–H groups in total. The van der Waals surface area contributed by atoms with Gasteiger partial charge in [-0.05, 0) is 45.9 Å². The van der Waals surface area contributed by atoms with Crippen molar-refractivity contribution in [1.82, 2.24) is 24.8 Å². The van der Waals surface area contributed by atoms with Gasteiger partial charge in [0, 0.05) is 16.0 Å². The number of amides is 1. The van der Waals surface area contributed by atoms with E-state index in [0.29, 0.717) is 11.5 Å². The number of carbonyl (C=O) groups excluding carboxylic acids is 1. The van der Waals surface area contributed by atoms with Crippen LogP contribution >= 0.6 is 15.9 Å². The molecule has 1 amide bonds. The highest BCUT2D eigenvalue weighted by Gasteiger charge is 2.27. The minimum Gasteiger partial charge on any atom is -0.305 e. The van der Waals surface area contributed by atoms with Crippen molar-refractivity contribution in [3.05, 3.63) is 51.9 Å². The number of benzene rings is 1. The van der Waals surface area contributed by atoms with Crippen LogP contribution < -0.4 is 5.32 Å². The highest BCUT2D eigenvalue weighted by Crippen LogP contribution is 2.28. The smallest absolute Gasteiger partial charge is 0.279 e. The molecular formula is C21H27BrN6O. The second kappa shape index (κ2) is 7.40. The summed E-state index contributed by atoms with van der Waals surface area (Å²) in [5.41, 5.74) is 2.28. The number of carbonyl (C=O) groups is 1. The molecule has 7 nitrogen and oxygen atoms in total. The van der Waals surface area contributed by atoms with Crippen molar-refractivity contribution < 1.29 is 4.79 Å². The summed E-state index contributed by atoms with van der Waals surface area (Å²) >= 11 is 3.46. The highest BCUT2D eigenvalue weighted by molar-refractivity contribution is 9.10. The number of hydrogen-bond acceptors (Lipinski definition) is 4. The number of nitrogens with zero attached hydrogens (tertiary/aromatic N) is 5. The predicted octanol–water partition coefficient (Wildman–Crippen LogP) is 4.84. The molecule has 0 fully saturated rings. The summed E-state index contributed by atoms with van der Waals surface area (Å²) in [5, 5.41) is 16.0. The maximum atomic E-state index is 13.0. The second-order valence-electron chi connectivity index (χ2n) is 9.12. The molecule has 0 radical (unpaired) electrons. The Kier molecular flexibility index (Phi) is 5.42. The highest BCUT2D eigenvalue weighted by atomic mass is 79.9. The molecule has 1 aromatic carbocycles. The third-order valence-electron chi connectivity index (χ3n) is 4.52. The standard InChI is InChI=1S/C21H27BrN6O/c1-13-18(24-26-27(13)15-10-8-9-14(22)11-15)19(29)23-17-12-16(20(2,3)4)25-28(17)21(5,6)7/h8-12H,1-7H3,(H,23,29). The Balaban J connectivity index is 1.95. The van der Waals surface area contributed by atoms with Gasteiger partial charge in [0.1, 0.15) is 5.82 Å². The molecule has 2 heterocycles. The molecule has 3 aromatic rings. The molecule has 0 saturated carbocycles. The van der Waals surface area contributed by atoms with Crippen LogP contribution in [0.4, 0.5) is 5.82 Å². The number of rotatable bonds is 3. The Morgan fingerprint density at radius 3 is 2.38 bits per heavy atom. The summed E-state index contributed by atoms with van der Waals surface area (Å²) in [6.45, 7) is 14.3. The lowest BCUT2D eigenvalue weighted by Crippen LogP contribution is -2.27. The van der Waals surface area contributed by atoms with Crippen LogP contribution in [-0.2, 0) is 11.0 Å². The summed E-state index contributed by atoms with van der Waals surface area (Å²) in [7, 11) is 0. The first-order chi connectivity index (χ1) is 13.4. The monoisotopic (exact) mass is 458 g/mol. The molecule has 2 aromatic heterocycles. The van der Waals surface area contributed by atoms with Gasteiger partial charge in [-0.15, -0.1) is 5.10 Å². The molecule has 0 saturated heterocycles. The van der Waals surface area contributed by atoms with Gasteiger partial charge in [-0.2, -0.15) is 5.10 Å². The van der Waals surface area contributed by atoms with Gasteiger partial charge in [-0.3, -0.25) is 4.79 Å². The fraction of sp³-hybridized carbons (Fsp3) is 0.429. The van der Waals surface area contributed by atoms with E-state index in [1.807, 2.05) is 41.9 Å². The van der Waals surface area contributed by atoms with Crippen molar-refractivity contribution in [3.8, 4) is 5.69 Å². The number of hydrogen-bond donors (Lipinski definition) is 1. The van der Waals surface area contributed by atoms with E-state index in [0.717, 1.165) is 15.9 Å². The lowest BCUT2D eigenvalue weighted by Gasteiger charge is -2.22. The molecular weight excluding hydrogens is 432 g/mol. The fourth-order valence-corrected chi connectivity index (χ4v) is 3.30. The first kappa shape index (κ1) is 21.2. The van der Waals surface area contributed by atoms with Gasteiger partial charge in [-0.1, -0.05) is 48.0 Å². The van der Waals surface area contributed by atoms with Crippen LogP contribution in [-0.4, -0.2) is 30.7 Å². The van der Waals surface area contributed by atoms with E-state index >= 15 is 0 Å². The zero-order valence-electron chi connectivity index (χ0n) is 17.9. The molecule has 0 spiro atoms. The summed E-state index contributed by atoms with van der Waals surface area (Å²) in [5.74, 6) is 0.332. The molecule has 0 atom stereocenters.